The third kappa shape index (κ3) is 10.2. The maximum absolute atomic E-state index is 17.4. The van der Waals surface area contributed by atoms with E-state index in [0.717, 1.165) is 0 Å². The molecular weight excluding hydrogens is 790 g/mol. The number of hydrogen-bond acceptors (Lipinski definition) is 9. The van der Waals surface area contributed by atoms with Crippen molar-refractivity contribution in [2.45, 2.75) is 116 Å². The van der Waals surface area contributed by atoms with Gasteiger partial charge in [-0.25, -0.2) is 13.6 Å². The molecule has 2 aromatic carbocycles. The Morgan fingerprint density at radius 3 is 2.31 bits per heavy atom. The first-order chi connectivity index (χ1) is 27.5. The number of methoxy groups -OCH3 is 1. The number of carbonyl (C=O) groups excluding carboxylic acids is 1. The van der Waals surface area contributed by atoms with Crippen LogP contribution in [0.4, 0.5) is 32.6 Å². The molecule has 1 aliphatic rings. The predicted molar refractivity (Wildman–Crippen MR) is 221 cm³/mol. The first-order valence-corrected chi connectivity index (χ1v) is 21.9. The molecule has 0 aliphatic carbocycles. The van der Waals surface area contributed by atoms with Gasteiger partial charge in [0.15, 0.2) is 19.2 Å². The number of alkyl carbamates (subject to hydrolysis) is 1. The minimum Gasteiger partial charge on any atom is -0.468 e. The number of fused-ring (bicyclic) bond motifs is 2. The third-order valence-corrected chi connectivity index (χ3v) is 17.0. The number of amides is 1. The minimum atomic E-state index is -4.74. The molecule has 0 radical (unpaired) electrons. The number of benzene rings is 2. The first kappa shape index (κ1) is 45.3. The van der Waals surface area contributed by atoms with Crippen molar-refractivity contribution in [3.05, 3.63) is 47.7 Å². The van der Waals surface area contributed by atoms with E-state index in [9.17, 15) is 18.0 Å². The van der Waals surface area contributed by atoms with Gasteiger partial charge >= 0.3 is 18.3 Å². The van der Waals surface area contributed by atoms with E-state index < -0.39 is 55.7 Å². The van der Waals surface area contributed by atoms with Crippen molar-refractivity contribution in [3.8, 4) is 34.5 Å². The SMILES string of the molecule is COCOc1cc(-c2ncc3c(N4CCCC(C)(NC(=O)OC(C)(C)C)C4)nc(OCC(F)(F)F)nc3c2F)c2c(C#C[Si](C(C)C)(C(C)C)C(C)C)c(F)ccc2c1. The van der Waals surface area contributed by atoms with Gasteiger partial charge in [0.25, 0.3) is 0 Å². The van der Waals surface area contributed by atoms with Crippen LogP contribution in [0.3, 0.4) is 0 Å². The van der Waals surface area contributed by atoms with Gasteiger partial charge in [-0.2, -0.15) is 23.1 Å². The topological polar surface area (TPSA) is 108 Å². The molecular formula is C43H54F5N5O5Si. The Bertz CT molecular complexity index is 2230. The summed E-state index contributed by atoms with van der Waals surface area (Å²) in [5.74, 6) is 1.91. The standard InChI is InChI=1S/C43H54F5N5O5Si/c1-25(2)59(26(3)4,27(5)6)18-15-30-33(44)14-13-28-19-29(57-24-55-11)20-31(34(28)30)36-35(45)37-32(21-49-36)38(51-39(50-37)56-23-43(46,47)48)53-17-12-16-42(10,22-53)52-40(54)58-41(7,8)9/h13-14,19-21,25-27H,12,16-17,22-24H2,1-11H3,(H,52,54). The zero-order chi connectivity index (χ0) is 43.7. The maximum Gasteiger partial charge on any atom is 0.422 e. The van der Waals surface area contributed by atoms with E-state index in [1.807, 2.05) is 6.92 Å². The zero-order valence-electron chi connectivity index (χ0n) is 35.6. The molecule has 0 spiro atoms. The second kappa shape index (κ2) is 17.5. The summed E-state index contributed by atoms with van der Waals surface area (Å²) >= 11 is 0. The van der Waals surface area contributed by atoms with Gasteiger partial charge in [-0.15, -0.1) is 5.54 Å². The highest BCUT2D eigenvalue weighted by atomic mass is 28.3. The number of anilines is 1. The van der Waals surface area contributed by atoms with Gasteiger partial charge in [0.2, 0.25) is 0 Å². The summed E-state index contributed by atoms with van der Waals surface area (Å²) in [4.78, 5) is 27.6. The number of carbonyl (C=O) groups is 1. The van der Waals surface area contributed by atoms with Crippen molar-refractivity contribution >= 4 is 41.7 Å². The molecule has 1 saturated heterocycles. The van der Waals surface area contributed by atoms with Crippen LogP contribution in [0, 0.1) is 23.1 Å². The third-order valence-electron chi connectivity index (χ3n) is 10.7. The van der Waals surface area contributed by atoms with Crippen LogP contribution < -0.4 is 19.7 Å². The van der Waals surface area contributed by atoms with Crippen molar-refractivity contribution in [1.82, 2.24) is 20.3 Å². The average Bonchev–Trinajstić information content (AvgIpc) is 3.12. The number of aromatic nitrogens is 3. The van der Waals surface area contributed by atoms with Crippen molar-refractivity contribution in [1.29, 1.82) is 0 Å². The monoisotopic (exact) mass is 843 g/mol. The minimum absolute atomic E-state index is 0.0542. The lowest BCUT2D eigenvalue weighted by Crippen LogP contribution is -2.57. The summed E-state index contributed by atoms with van der Waals surface area (Å²) in [5, 5.41) is 3.74. The Hall–Kier alpha value is -4.75. The molecule has 0 bridgehead atoms. The normalized spacial score (nSPS) is 16.5. The highest BCUT2D eigenvalue weighted by molar-refractivity contribution is 6.90. The molecule has 320 valence electrons. The van der Waals surface area contributed by atoms with Crippen LogP contribution in [0.1, 0.15) is 87.6 Å². The quantitative estimate of drug-likeness (QED) is 0.0683. The first-order valence-electron chi connectivity index (χ1n) is 19.7. The van der Waals surface area contributed by atoms with E-state index in [1.54, 1.807) is 31.7 Å². The molecule has 1 unspecified atom stereocenters. The molecule has 1 fully saturated rings. The van der Waals surface area contributed by atoms with Gasteiger partial charge in [-0.1, -0.05) is 53.5 Å². The van der Waals surface area contributed by atoms with Crippen LogP contribution in [0.15, 0.2) is 30.5 Å². The number of hydrogen-bond donors (Lipinski definition) is 1. The Morgan fingerprint density at radius 1 is 1.02 bits per heavy atom. The largest absolute Gasteiger partial charge is 0.468 e. The van der Waals surface area contributed by atoms with E-state index in [4.69, 9.17) is 18.9 Å². The van der Waals surface area contributed by atoms with Crippen LogP contribution >= 0.6 is 0 Å². The number of pyridine rings is 1. The van der Waals surface area contributed by atoms with Crippen LogP contribution in [0.25, 0.3) is 32.9 Å². The summed E-state index contributed by atoms with van der Waals surface area (Å²) in [6.07, 6.45) is -2.97. The van der Waals surface area contributed by atoms with Gasteiger partial charge in [0.1, 0.15) is 42.3 Å². The van der Waals surface area contributed by atoms with Gasteiger partial charge in [0.05, 0.1) is 16.5 Å². The fourth-order valence-electron chi connectivity index (χ4n) is 8.27. The lowest BCUT2D eigenvalue weighted by atomic mass is 9.91. The Morgan fingerprint density at radius 2 is 1.69 bits per heavy atom. The molecule has 10 nitrogen and oxygen atoms in total. The van der Waals surface area contributed by atoms with Crippen molar-refractivity contribution < 1.29 is 45.7 Å². The molecule has 4 aromatic rings. The van der Waals surface area contributed by atoms with Gasteiger partial charge < -0.3 is 29.2 Å². The van der Waals surface area contributed by atoms with Crippen LogP contribution in [-0.2, 0) is 9.47 Å². The Kier molecular flexibility index (Phi) is 13.4. The summed E-state index contributed by atoms with van der Waals surface area (Å²) in [6, 6.07) is 5.30. The average molecular weight is 844 g/mol. The summed E-state index contributed by atoms with van der Waals surface area (Å²) in [5.41, 5.74) is 2.21. The van der Waals surface area contributed by atoms with E-state index in [2.05, 4.69) is 73.3 Å². The van der Waals surface area contributed by atoms with Crippen molar-refractivity contribution in [2.24, 2.45) is 0 Å². The summed E-state index contributed by atoms with van der Waals surface area (Å²) in [6.45, 7) is 18.5. The van der Waals surface area contributed by atoms with Crippen molar-refractivity contribution in [2.75, 3.05) is 38.5 Å². The molecule has 0 saturated carbocycles. The fraction of sp³-hybridized carbons (Fsp3) is 0.535. The maximum atomic E-state index is 17.4. The Balaban J connectivity index is 1.76. The van der Waals surface area contributed by atoms with Gasteiger partial charge in [-0.3, -0.25) is 4.98 Å². The van der Waals surface area contributed by atoms with Crippen molar-refractivity contribution in [3.63, 3.8) is 0 Å². The number of rotatable bonds is 11. The number of ether oxygens (including phenoxy) is 4. The van der Waals surface area contributed by atoms with Gasteiger partial charge in [0, 0.05) is 37.3 Å². The molecule has 16 heteroatoms. The highest BCUT2D eigenvalue weighted by Gasteiger charge is 2.42. The molecule has 3 heterocycles. The Labute approximate surface area is 343 Å². The predicted octanol–water partition coefficient (Wildman–Crippen LogP) is 10.5. The lowest BCUT2D eigenvalue weighted by molar-refractivity contribution is -0.154. The van der Waals surface area contributed by atoms with E-state index in [1.165, 1.54) is 31.5 Å². The second-order valence-corrected chi connectivity index (χ2v) is 22.9. The van der Waals surface area contributed by atoms with Gasteiger partial charge in [-0.05, 0) is 80.7 Å². The number of nitrogens with one attached hydrogen (secondary N) is 1. The number of nitrogens with zero attached hydrogens (tertiary/aromatic N) is 4. The molecule has 1 amide bonds. The van der Waals surface area contributed by atoms with Crippen LogP contribution in [0.5, 0.6) is 11.8 Å². The lowest BCUT2D eigenvalue weighted by Gasteiger charge is -2.41. The number of piperidine rings is 1. The number of alkyl halides is 3. The fourth-order valence-corrected chi connectivity index (χ4v) is 13.5. The summed E-state index contributed by atoms with van der Waals surface area (Å²) in [7, 11) is -0.936. The second-order valence-electron chi connectivity index (χ2n) is 17.3. The van der Waals surface area contributed by atoms with E-state index in [-0.39, 0.29) is 74.6 Å². The molecule has 1 aliphatic heterocycles. The zero-order valence-corrected chi connectivity index (χ0v) is 36.6. The number of halogens is 5. The molecule has 5 rings (SSSR count). The highest BCUT2D eigenvalue weighted by Crippen LogP contribution is 2.43. The molecule has 59 heavy (non-hydrogen) atoms. The van der Waals surface area contributed by atoms with Crippen LogP contribution in [-0.4, -0.2) is 80.0 Å². The summed E-state index contributed by atoms with van der Waals surface area (Å²) < 4.78 is 95.3. The molecule has 1 N–H and O–H groups in total. The smallest absolute Gasteiger partial charge is 0.422 e. The molecule has 2 aromatic heterocycles. The molecule has 1 atom stereocenters. The van der Waals surface area contributed by atoms with E-state index in [0.29, 0.717) is 24.8 Å². The van der Waals surface area contributed by atoms with E-state index >= 15 is 8.78 Å². The van der Waals surface area contributed by atoms with Crippen LogP contribution in [0.2, 0.25) is 16.6 Å².